The molecule has 4 rings (SSSR count). The third kappa shape index (κ3) is 5.66. The van der Waals surface area contributed by atoms with Crippen LogP contribution in [-0.2, 0) is 14.3 Å². The average Bonchev–Trinajstić information content (AvgIpc) is 3.43. The molecule has 0 bridgehead atoms. The van der Waals surface area contributed by atoms with Crippen LogP contribution < -0.4 is 10.6 Å². The Labute approximate surface area is 206 Å². The van der Waals surface area contributed by atoms with Gasteiger partial charge in [-0.05, 0) is 53.9 Å². The zero-order chi connectivity index (χ0) is 24.9. The second-order valence-corrected chi connectivity index (χ2v) is 9.98. The lowest BCUT2D eigenvalue weighted by atomic mass is 9.98. The van der Waals surface area contributed by atoms with E-state index in [9.17, 15) is 19.5 Å². The number of carbonyl (C=O) groups is 3. The highest BCUT2D eigenvalue weighted by atomic mass is 16.5. The van der Waals surface area contributed by atoms with Crippen LogP contribution in [0.2, 0.25) is 0 Å². The molecule has 186 valence electrons. The third-order valence-corrected chi connectivity index (χ3v) is 7.15. The summed E-state index contributed by atoms with van der Waals surface area (Å²) in [6.07, 6.45) is 2.50. The van der Waals surface area contributed by atoms with Crippen LogP contribution in [0.4, 0.5) is 4.79 Å². The lowest BCUT2D eigenvalue weighted by Gasteiger charge is -2.24. The van der Waals surface area contributed by atoms with Gasteiger partial charge in [0.05, 0.1) is 5.92 Å². The first kappa shape index (κ1) is 24.8. The van der Waals surface area contributed by atoms with Crippen LogP contribution in [0.15, 0.2) is 48.5 Å². The maximum atomic E-state index is 13.0. The summed E-state index contributed by atoms with van der Waals surface area (Å²) < 4.78 is 5.63. The van der Waals surface area contributed by atoms with Crippen molar-refractivity contribution in [2.45, 2.75) is 64.0 Å². The predicted octanol–water partition coefficient (Wildman–Crippen LogP) is 4.70. The number of ether oxygens (including phenoxy) is 1. The van der Waals surface area contributed by atoms with Gasteiger partial charge >= 0.3 is 12.1 Å². The average molecular weight is 479 g/mol. The highest BCUT2D eigenvalue weighted by Gasteiger charge is 2.36. The molecule has 1 unspecified atom stereocenters. The molecule has 0 aliphatic heterocycles. The monoisotopic (exact) mass is 478 g/mol. The van der Waals surface area contributed by atoms with E-state index in [2.05, 4.69) is 48.7 Å². The smallest absolute Gasteiger partial charge is 0.407 e. The number of carboxylic acid groups (broad SMARTS) is 1. The van der Waals surface area contributed by atoms with Crippen molar-refractivity contribution < 1.29 is 24.2 Å². The van der Waals surface area contributed by atoms with Crippen molar-refractivity contribution in [1.29, 1.82) is 0 Å². The van der Waals surface area contributed by atoms with E-state index in [0.717, 1.165) is 35.1 Å². The van der Waals surface area contributed by atoms with Crippen LogP contribution in [0.25, 0.3) is 11.1 Å². The molecule has 7 nitrogen and oxygen atoms in total. The highest BCUT2D eigenvalue weighted by Crippen LogP contribution is 2.44. The largest absolute Gasteiger partial charge is 0.481 e. The Hall–Kier alpha value is -3.35. The summed E-state index contributed by atoms with van der Waals surface area (Å²) in [6, 6.07) is 15.1. The molecule has 2 aliphatic carbocycles. The Kier molecular flexibility index (Phi) is 7.73. The summed E-state index contributed by atoms with van der Waals surface area (Å²) in [6.45, 7) is 4.28. The Morgan fingerprint density at radius 2 is 1.60 bits per heavy atom. The van der Waals surface area contributed by atoms with Crippen molar-refractivity contribution in [2.75, 3.05) is 6.61 Å². The molecule has 7 heteroatoms. The molecule has 2 aliphatic rings. The zero-order valence-corrected chi connectivity index (χ0v) is 20.3. The van der Waals surface area contributed by atoms with E-state index < -0.39 is 30.1 Å². The second-order valence-electron chi connectivity index (χ2n) is 9.98. The molecule has 1 saturated carbocycles. The summed E-state index contributed by atoms with van der Waals surface area (Å²) in [5.41, 5.74) is 4.54. The summed E-state index contributed by atoms with van der Waals surface area (Å²) in [5, 5.41) is 15.0. The SMILES string of the molecule is CC(C)CCC(NC(=O)OCC1c2ccccc2-c2ccccc21)C(=O)N[C@H]1CCC[C@H]1C(=O)O. The standard InChI is InChI=1S/C28H34N2O5/c1-17(2)14-15-25(26(31)29-24-13-7-12-22(24)27(32)33)30-28(34)35-16-23-20-10-5-3-8-18(20)19-9-4-6-11-21(19)23/h3-6,8-11,17,22-25H,7,12-16H2,1-2H3,(H,29,31)(H,30,34)(H,32,33)/t22-,24+,25?/m1/s1. The Bertz CT molecular complexity index is 1040. The molecule has 0 saturated heterocycles. The van der Waals surface area contributed by atoms with Crippen LogP contribution in [0, 0.1) is 11.8 Å². The van der Waals surface area contributed by atoms with E-state index in [-0.39, 0.29) is 18.4 Å². The van der Waals surface area contributed by atoms with Gasteiger partial charge in [0.25, 0.3) is 0 Å². The quantitative estimate of drug-likeness (QED) is 0.485. The summed E-state index contributed by atoms with van der Waals surface area (Å²) in [7, 11) is 0. The van der Waals surface area contributed by atoms with E-state index in [1.807, 2.05) is 24.3 Å². The molecular formula is C28H34N2O5. The van der Waals surface area contributed by atoms with Gasteiger partial charge in [0.2, 0.25) is 5.91 Å². The van der Waals surface area contributed by atoms with E-state index in [1.54, 1.807) is 0 Å². The number of amides is 2. The van der Waals surface area contributed by atoms with Crippen molar-refractivity contribution in [3.05, 3.63) is 59.7 Å². The molecule has 2 aromatic carbocycles. The second kappa shape index (κ2) is 10.9. The zero-order valence-electron chi connectivity index (χ0n) is 20.3. The molecule has 0 spiro atoms. The van der Waals surface area contributed by atoms with Gasteiger partial charge in [-0.1, -0.05) is 68.8 Å². The minimum Gasteiger partial charge on any atom is -0.481 e. The first-order chi connectivity index (χ1) is 16.8. The number of fused-ring (bicyclic) bond motifs is 3. The lowest BCUT2D eigenvalue weighted by molar-refractivity contribution is -0.142. The van der Waals surface area contributed by atoms with Crippen molar-refractivity contribution in [2.24, 2.45) is 11.8 Å². The van der Waals surface area contributed by atoms with Crippen LogP contribution in [0.1, 0.15) is 63.0 Å². The van der Waals surface area contributed by atoms with Gasteiger partial charge in [-0.3, -0.25) is 9.59 Å². The van der Waals surface area contributed by atoms with E-state index in [4.69, 9.17) is 4.74 Å². The first-order valence-corrected chi connectivity index (χ1v) is 12.5. The minimum atomic E-state index is -0.893. The van der Waals surface area contributed by atoms with Crippen molar-refractivity contribution >= 4 is 18.0 Å². The van der Waals surface area contributed by atoms with E-state index in [0.29, 0.717) is 25.2 Å². The molecule has 0 heterocycles. The van der Waals surface area contributed by atoms with Gasteiger partial charge in [-0.25, -0.2) is 4.79 Å². The molecule has 3 N–H and O–H groups in total. The number of hydrogen-bond donors (Lipinski definition) is 3. The molecule has 3 atom stereocenters. The number of benzene rings is 2. The summed E-state index contributed by atoms with van der Waals surface area (Å²) >= 11 is 0. The number of hydrogen-bond acceptors (Lipinski definition) is 4. The number of carboxylic acids is 1. The van der Waals surface area contributed by atoms with Gasteiger partial charge < -0.3 is 20.5 Å². The number of nitrogens with one attached hydrogen (secondary N) is 2. The highest BCUT2D eigenvalue weighted by molar-refractivity contribution is 5.86. The van der Waals surface area contributed by atoms with Crippen LogP contribution in [0.3, 0.4) is 0 Å². The van der Waals surface area contributed by atoms with E-state index in [1.165, 1.54) is 0 Å². The maximum Gasteiger partial charge on any atom is 0.407 e. The number of aliphatic carboxylic acids is 1. The van der Waals surface area contributed by atoms with Crippen LogP contribution in [-0.4, -0.2) is 41.8 Å². The van der Waals surface area contributed by atoms with Gasteiger partial charge in [-0.15, -0.1) is 0 Å². The van der Waals surface area contributed by atoms with Crippen molar-refractivity contribution in [3.63, 3.8) is 0 Å². The van der Waals surface area contributed by atoms with Gasteiger partial charge in [-0.2, -0.15) is 0 Å². The van der Waals surface area contributed by atoms with Crippen LogP contribution >= 0.6 is 0 Å². The third-order valence-electron chi connectivity index (χ3n) is 7.15. The molecule has 1 fully saturated rings. The molecular weight excluding hydrogens is 444 g/mol. The Morgan fingerprint density at radius 1 is 0.971 bits per heavy atom. The topological polar surface area (TPSA) is 105 Å². The van der Waals surface area contributed by atoms with E-state index >= 15 is 0 Å². The summed E-state index contributed by atoms with van der Waals surface area (Å²) in [4.78, 5) is 37.3. The minimum absolute atomic E-state index is 0.0640. The first-order valence-electron chi connectivity index (χ1n) is 12.5. The van der Waals surface area contributed by atoms with Gasteiger partial charge in [0, 0.05) is 12.0 Å². The summed E-state index contributed by atoms with van der Waals surface area (Å²) in [5.74, 6) is -1.54. The number of rotatable bonds is 9. The lowest BCUT2D eigenvalue weighted by Crippen LogP contribution is -2.51. The van der Waals surface area contributed by atoms with Crippen molar-refractivity contribution in [1.82, 2.24) is 10.6 Å². The number of alkyl carbamates (subject to hydrolysis) is 1. The fourth-order valence-corrected chi connectivity index (χ4v) is 5.26. The maximum absolute atomic E-state index is 13.0. The van der Waals surface area contributed by atoms with Gasteiger partial charge in [0.1, 0.15) is 12.6 Å². The van der Waals surface area contributed by atoms with Crippen LogP contribution in [0.5, 0.6) is 0 Å². The normalized spacial score (nSPS) is 19.6. The fourth-order valence-electron chi connectivity index (χ4n) is 5.26. The Morgan fingerprint density at radius 3 is 2.20 bits per heavy atom. The fraction of sp³-hybridized carbons (Fsp3) is 0.464. The molecule has 2 amide bonds. The number of carbonyl (C=O) groups excluding carboxylic acids is 2. The molecule has 35 heavy (non-hydrogen) atoms. The van der Waals surface area contributed by atoms with Crippen molar-refractivity contribution in [3.8, 4) is 11.1 Å². The Balaban J connectivity index is 1.40. The predicted molar refractivity (Wildman–Crippen MR) is 133 cm³/mol. The van der Waals surface area contributed by atoms with Gasteiger partial charge in [0.15, 0.2) is 0 Å². The molecule has 0 aromatic heterocycles. The molecule has 2 aromatic rings. The molecule has 0 radical (unpaired) electrons.